The van der Waals surface area contributed by atoms with Gasteiger partial charge in [0.1, 0.15) is 0 Å². The molecule has 1 aromatic heterocycles. The van der Waals surface area contributed by atoms with Gasteiger partial charge in [0.2, 0.25) is 11.8 Å². The van der Waals surface area contributed by atoms with Crippen molar-refractivity contribution in [1.29, 1.82) is 0 Å². The number of nitrogens with one attached hydrogen (secondary N) is 2. The molecule has 0 unspecified atom stereocenters. The fourth-order valence-electron chi connectivity index (χ4n) is 2.65. The molecule has 2 amide bonds. The van der Waals surface area contributed by atoms with Crippen molar-refractivity contribution in [3.63, 3.8) is 0 Å². The molecular weight excluding hydrogens is 468 g/mol. The van der Waals surface area contributed by atoms with Crippen molar-refractivity contribution in [3.8, 4) is 11.3 Å². The maximum atomic E-state index is 12.3. The molecule has 2 aromatic carbocycles. The Morgan fingerprint density at radius 2 is 1.85 bits per heavy atom. The summed E-state index contributed by atoms with van der Waals surface area (Å²) in [6.45, 7) is 0. The number of benzene rings is 2. The number of hydrogen-bond donors (Lipinski definition) is 3. The number of rotatable bonds is 10. The van der Waals surface area contributed by atoms with Crippen molar-refractivity contribution in [2.75, 3.05) is 16.4 Å². The number of non-ortho nitro benzene ring substituents is 1. The first-order chi connectivity index (χ1) is 15.8. The van der Waals surface area contributed by atoms with Crippen LogP contribution in [0.15, 0.2) is 58.8 Å². The molecule has 3 rings (SSSR count). The van der Waals surface area contributed by atoms with Gasteiger partial charge in [-0.3, -0.25) is 24.5 Å². The van der Waals surface area contributed by atoms with Crippen LogP contribution in [0.25, 0.3) is 11.3 Å². The summed E-state index contributed by atoms with van der Waals surface area (Å²) in [5, 5.41) is 27.0. The number of nitrogens with zero attached hydrogens (tertiary/aromatic N) is 2. The SMILES string of the molecule is O=C(O)CCC(=O)Nc1cccc(SCC(=O)Nc2nc(-c3cccc([N+](=O)[O-])c3)cs2)c1. The van der Waals surface area contributed by atoms with Crippen molar-refractivity contribution in [2.24, 2.45) is 0 Å². The standard InChI is InChI=1S/C21H18N4O6S2/c26-18(7-8-20(28)29)22-14-4-2-6-16(10-14)32-12-19(27)24-21-23-17(11-33-21)13-3-1-5-15(9-13)25(30)31/h1-6,9-11H,7-8,12H2,(H,22,26)(H,28,29)(H,23,24,27). The number of nitro benzene ring substituents is 1. The van der Waals surface area contributed by atoms with Gasteiger partial charge in [0.25, 0.3) is 5.69 Å². The number of carbonyl (C=O) groups excluding carboxylic acids is 2. The third-order valence-corrected chi connectivity index (χ3v) is 5.91. The second-order valence-electron chi connectivity index (χ2n) is 6.65. The highest BCUT2D eigenvalue weighted by atomic mass is 32.2. The predicted molar refractivity (Wildman–Crippen MR) is 125 cm³/mol. The van der Waals surface area contributed by atoms with Crippen LogP contribution in [0.2, 0.25) is 0 Å². The normalized spacial score (nSPS) is 10.4. The number of thiazole rings is 1. The molecule has 0 aliphatic carbocycles. The van der Waals surface area contributed by atoms with Gasteiger partial charge in [0, 0.05) is 40.1 Å². The molecule has 0 aliphatic rings. The zero-order chi connectivity index (χ0) is 23.8. The first kappa shape index (κ1) is 23.9. The summed E-state index contributed by atoms with van der Waals surface area (Å²) in [6.07, 6.45) is -0.374. The number of aromatic nitrogens is 1. The minimum atomic E-state index is -1.04. The van der Waals surface area contributed by atoms with Crippen LogP contribution in [0.1, 0.15) is 12.8 Å². The molecule has 0 saturated carbocycles. The van der Waals surface area contributed by atoms with Crippen LogP contribution in [0.4, 0.5) is 16.5 Å². The molecule has 12 heteroatoms. The Bertz CT molecular complexity index is 1200. The monoisotopic (exact) mass is 486 g/mol. The molecule has 3 N–H and O–H groups in total. The van der Waals surface area contributed by atoms with E-state index in [1.807, 2.05) is 0 Å². The summed E-state index contributed by atoms with van der Waals surface area (Å²) in [7, 11) is 0. The summed E-state index contributed by atoms with van der Waals surface area (Å²) >= 11 is 2.47. The Morgan fingerprint density at radius 1 is 1.06 bits per heavy atom. The number of carboxylic acid groups (broad SMARTS) is 1. The van der Waals surface area contributed by atoms with E-state index in [-0.39, 0.29) is 30.2 Å². The van der Waals surface area contributed by atoms with Gasteiger partial charge in [0.05, 0.1) is 22.8 Å². The zero-order valence-corrected chi connectivity index (χ0v) is 18.6. The fraction of sp³-hybridized carbons (Fsp3) is 0.143. The van der Waals surface area contributed by atoms with Crippen molar-refractivity contribution in [3.05, 3.63) is 64.0 Å². The lowest BCUT2D eigenvalue weighted by Crippen LogP contribution is -2.14. The van der Waals surface area contributed by atoms with Gasteiger partial charge in [0.15, 0.2) is 5.13 Å². The van der Waals surface area contributed by atoms with Gasteiger partial charge in [-0.15, -0.1) is 23.1 Å². The molecule has 10 nitrogen and oxygen atoms in total. The number of anilines is 2. The zero-order valence-electron chi connectivity index (χ0n) is 17.0. The summed E-state index contributed by atoms with van der Waals surface area (Å²) in [6, 6.07) is 13.0. The maximum Gasteiger partial charge on any atom is 0.303 e. The van der Waals surface area contributed by atoms with Crippen molar-refractivity contribution in [1.82, 2.24) is 4.98 Å². The topological polar surface area (TPSA) is 152 Å². The van der Waals surface area contributed by atoms with Crippen molar-refractivity contribution >= 4 is 57.4 Å². The molecule has 0 aliphatic heterocycles. The van der Waals surface area contributed by atoms with Crippen LogP contribution in [0.3, 0.4) is 0 Å². The highest BCUT2D eigenvalue weighted by Gasteiger charge is 2.12. The van der Waals surface area contributed by atoms with E-state index in [0.29, 0.717) is 22.1 Å². The third-order valence-electron chi connectivity index (χ3n) is 4.16. The summed E-state index contributed by atoms with van der Waals surface area (Å²) in [4.78, 5) is 50.2. The number of nitro groups is 1. The van der Waals surface area contributed by atoms with Crippen LogP contribution in [0, 0.1) is 10.1 Å². The molecule has 3 aromatic rings. The molecule has 170 valence electrons. The number of carbonyl (C=O) groups is 3. The summed E-state index contributed by atoms with van der Waals surface area (Å²) in [5.74, 6) is -1.63. The van der Waals surface area contributed by atoms with E-state index in [4.69, 9.17) is 5.11 Å². The van der Waals surface area contributed by atoms with Crippen molar-refractivity contribution in [2.45, 2.75) is 17.7 Å². The van der Waals surface area contributed by atoms with E-state index in [1.165, 1.54) is 35.2 Å². The molecule has 0 bridgehead atoms. The van der Waals surface area contributed by atoms with E-state index >= 15 is 0 Å². The van der Waals surface area contributed by atoms with E-state index < -0.39 is 16.8 Å². The van der Waals surface area contributed by atoms with Crippen LogP contribution in [-0.4, -0.2) is 38.6 Å². The largest absolute Gasteiger partial charge is 0.481 e. The lowest BCUT2D eigenvalue weighted by Gasteiger charge is -2.07. The van der Waals surface area contributed by atoms with Gasteiger partial charge >= 0.3 is 5.97 Å². The number of aliphatic carboxylic acids is 1. The molecule has 0 spiro atoms. The fourth-order valence-corrected chi connectivity index (χ4v) is 4.15. The second kappa shape index (κ2) is 11.2. The number of thioether (sulfide) groups is 1. The van der Waals surface area contributed by atoms with Crippen LogP contribution >= 0.6 is 23.1 Å². The number of carboxylic acids is 1. The smallest absolute Gasteiger partial charge is 0.303 e. The summed E-state index contributed by atoms with van der Waals surface area (Å²) in [5.41, 5.74) is 1.58. The van der Waals surface area contributed by atoms with Gasteiger partial charge in [-0.25, -0.2) is 4.98 Å². The van der Waals surface area contributed by atoms with Crippen LogP contribution in [-0.2, 0) is 14.4 Å². The van der Waals surface area contributed by atoms with Gasteiger partial charge in [-0.1, -0.05) is 18.2 Å². The van der Waals surface area contributed by atoms with Gasteiger partial charge in [-0.2, -0.15) is 0 Å². The average molecular weight is 487 g/mol. The Morgan fingerprint density at radius 3 is 2.61 bits per heavy atom. The summed E-state index contributed by atoms with van der Waals surface area (Å²) < 4.78 is 0. The average Bonchev–Trinajstić information content (AvgIpc) is 3.25. The number of amides is 2. The Hall–Kier alpha value is -3.77. The van der Waals surface area contributed by atoms with E-state index in [2.05, 4.69) is 15.6 Å². The molecule has 0 radical (unpaired) electrons. The molecule has 1 heterocycles. The van der Waals surface area contributed by atoms with Crippen molar-refractivity contribution < 1.29 is 24.4 Å². The second-order valence-corrected chi connectivity index (χ2v) is 8.56. The first-order valence-electron chi connectivity index (χ1n) is 9.55. The maximum absolute atomic E-state index is 12.3. The molecule has 0 atom stereocenters. The molecule has 0 saturated heterocycles. The van der Waals surface area contributed by atoms with E-state index in [9.17, 15) is 24.5 Å². The highest BCUT2D eigenvalue weighted by molar-refractivity contribution is 8.00. The molecular formula is C21H18N4O6S2. The first-order valence-corrected chi connectivity index (χ1v) is 11.4. The molecule has 0 fully saturated rings. The molecule has 33 heavy (non-hydrogen) atoms. The quantitative estimate of drug-likeness (QED) is 0.218. The number of hydrogen-bond acceptors (Lipinski definition) is 8. The highest BCUT2D eigenvalue weighted by Crippen LogP contribution is 2.28. The van der Waals surface area contributed by atoms with E-state index in [0.717, 1.165) is 4.90 Å². The predicted octanol–water partition coefficient (Wildman–Crippen LogP) is 4.25. The van der Waals surface area contributed by atoms with E-state index in [1.54, 1.807) is 41.8 Å². The Labute approximate surface area is 196 Å². The van der Waals surface area contributed by atoms with Crippen LogP contribution in [0.5, 0.6) is 0 Å². The lowest BCUT2D eigenvalue weighted by molar-refractivity contribution is -0.384. The lowest BCUT2D eigenvalue weighted by atomic mass is 10.1. The Kier molecular flexibility index (Phi) is 8.11. The minimum Gasteiger partial charge on any atom is -0.481 e. The van der Waals surface area contributed by atoms with Gasteiger partial charge < -0.3 is 15.7 Å². The van der Waals surface area contributed by atoms with Gasteiger partial charge in [-0.05, 0) is 18.2 Å². The Balaban J connectivity index is 1.53. The minimum absolute atomic E-state index is 0.0391. The van der Waals surface area contributed by atoms with Crippen LogP contribution < -0.4 is 10.6 Å². The third kappa shape index (κ3) is 7.40.